The highest BCUT2D eigenvalue weighted by molar-refractivity contribution is 8.00. The molecule has 1 aromatic rings. The Bertz CT molecular complexity index is 334. The molecule has 1 unspecified atom stereocenters. The van der Waals surface area contributed by atoms with Gasteiger partial charge in [-0.15, -0.1) is 0 Å². The normalized spacial score (nSPS) is 21.7. The van der Waals surface area contributed by atoms with Crippen LogP contribution in [0.4, 0.5) is 10.2 Å². The minimum atomic E-state index is -0.453. The maximum Gasteiger partial charge on any atom is 0.218 e. The summed E-state index contributed by atoms with van der Waals surface area (Å²) in [6, 6.07) is 1.41. The molecule has 1 aliphatic heterocycles. The van der Waals surface area contributed by atoms with Gasteiger partial charge in [0.05, 0.1) is 0 Å². The van der Waals surface area contributed by atoms with Crippen LogP contribution in [0.15, 0.2) is 12.4 Å². The highest BCUT2D eigenvalue weighted by atomic mass is 32.2. The molecule has 82 valence electrons. The lowest BCUT2D eigenvalue weighted by Crippen LogP contribution is -2.38. The van der Waals surface area contributed by atoms with Crippen LogP contribution in [0.5, 0.6) is 0 Å². The van der Waals surface area contributed by atoms with E-state index in [9.17, 15) is 4.39 Å². The molecule has 15 heavy (non-hydrogen) atoms. The lowest BCUT2D eigenvalue weighted by molar-refractivity contribution is 0.577. The van der Waals surface area contributed by atoms with Crippen LogP contribution in [0.1, 0.15) is 13.3 Å². The van der Waals surface area contributed by atoms with Gasteiger partial charge in [0.15, 0.2) is 0 Å². The molecule has 0 amide bonds. The molecule has 1 fully saturated rings. The summed E-state index contributed by atoms with van der Waals surface area (Å²) in [6.45, 7) is 4.08. The number of aromatic nitrogens is 2. The number of halogens is 1. The molecule has 0 aromatic carbocycles. The Balaban J connectivity index is 2.09. The summed E-state index contributed by atoms with van der Waals surface area (Å²) in [5.74, 6) is 1.34. The fraction of sp³-hybridized carbons (Fsp3) is 0.600. The molecule has 0 bridgehead atoms. The zero-order chi connectivity index (χ0) is 10.7. The molecule has 0 spiro atoms. The third-order valence-electron chi connectivity index (χ3n) is 2.54. The zero-order valence-corrected chi connectivity index (χ0v) is 9.50. The van der Waals surface area contributed by atoms with E-state index in [4.69, 9.17) is 0 Å². The molecule has 2 rings (SSSR count). The first kappa shape index (κ1) is 10.7. The van der Waals surface area contributed by atoms with Crippen LogP contribution >= 0.6 is 11.8 Å². The van der Waals surface area contributed by atoms with Gasteiger partial charge in [-0.05, 0) is 6.42 Å². The first-order valence-electron chi connectivity index (χ1n) is 5.13. The Morgan fingerprint density at radius 1 is 1.60 bits per heavy atom. The molecule has 1 aromatic heterocycles. The van der Waals surface area contributed by atoms with Gasteiger partial charge in [0, 0.05) is 30.2 Å². The predicted octanol–water partition coefficient (Wildman–Crippen LogP) is 1.95. The monoisotopic (exact) mass is 227 g/mol. The quantitative estimate of drug-likeness (QED) is 0.722. The van der Waals surface area contributed by atoms with Gasteiger partial charge in [-0.3, -0.25) is 0 Å². The average Bonchev–Trinajstić information content (AvgIpc) is 2.29. The smallest absolute Gasteiger partial charge is 0.218 e. The summed E-state index contributed by atoms with van der Waals surface area (Å²) >= 11 is 1.99. The molecular formula is C10H14FN3S. The lowest BCUT2D eigenvalue weighted by Gasteiger charge is -2.32. The fourth-order valence-electron chi connectivity index (χ4n) is 1.67. The number of hydrogen-bond acceptors (Lipinski definition) is 4. The topological polar surface area (TPSA) is 29.0 Å². The van der Waals surface area contributed by atoms with Crippen molar-refractivity contribution in [1.82, 2.24) is 9.97 Å². The van der Waals surface area contributed by atoms with E-state index in [1.54, 1.807) is 0 Å². The Kier molecular flexibility index (Phi) is 3.41. The van der Waals surface area contributed by atoms with E-state index < -0.39 is 5.95 Å². The predicted molar refractivity (Wildman–Crippen MR) is 60.7 cm³/mol. The molecular weight excluding hydrogens is 213 g/mol. The van der Waals surface area contributed by atoms with Gasteiger partial charge >= 0.3 is 0 Å². The molecule has 0 aliphatic carbocycles. The van der Waals surface area contributed by atoms with Crippen molar-refractivity contribution in [3.63, 3.8) is 0 Å². The van der Waals surface area contributed by atoms with Crippen molar-refractivity contribution in [1.29, 1.82) is 0 Å². The molecule has 1 aliphatic rings. The van der Waals surface area contributed by atoms with Crippen LogP contribution in [-0.4, -0.2) is 34.1 Å². The van der Waals surface area contributed by atoms with E-state index in [1.807, 2.05) is 11.8 Å². The van der Waals surface area contributed by atoms with E-state index in [0.29, 0.717) is 11.1 Å². The zero-order valence-electron chi connectivity index (χ0n) is 8.69. The molecule has 1 atom stereocenters. The largest absolute Gasteiger partial charge is 0.354 e. The van der Waals surface area contributed by atoms with Crippen molar-refractivity contribution in [3.05, 3.63) is 18.3 Å². The Hall–Kier alpha value is -0.840. The summed E-state index contributed by atoms with van der Waals surface area (Å²) < 4.78 is 12.9. The van der Waals surface area contributed by atoms with Crippen molar-refractivity contribution in [2.24, 2.45) is 0 Å². The second-order valence-corrected chi connectivity index (χ2v) is 4.95. The molecule has 0 saturated carbocycles. The van der Waals surface area contributed by atoms with Gasteiger partial charge in [-0.2, -0.15) is 16.2 Å². The third kappa shape index (κ3) is 2.59. The van der Waals surface area contributed by atoms with Crippen molar-refractivity contribution in [2.45, 2.75) is 18.6 Å². The summed E-state index contributed by atoms with van der Waals surface area (Å²) in [5.41, 5.74) is 0. The number of nitrogens with zero attached hydrogens (tertiary/aromatic N) is 3. The molecule has 2 heterocycles. The second-order valence-electron chi connectivity index (χ2n) is 3.55. The summed E-state index contributed by atoms with van der Waals surface area (Å²) in [5, 5.41) is 0.636. The lowest BCUT2D eigenvalue weighted by atomic mass is 10.3. The minimum absolute atomic E-state index is 0.453. The fourth-order valence-corrected chi connectivity index (χ4v) is 2.85. The highest BCUT2D eigenvalue weighted by Crippen LogP contribution is 2.24. The SMILES string of the molecule is CCC1CN(c2cc(F)ncn2)CCS1. The Morgan fingerprint density at radius 2 is 2.47 bits per heavy atom. The Labute approximate surface area is 93.1 Å². The number of hydrogen-bond donors (Lipinski definition) is 0. The van der Waals surface area contributed by atoms with E-state index in [0.717, 1.165) is 25.3 Å². The summed E-state index contributed by atoms with van der Waals surface area (Å²) in [4.78, 5) is 9.70. The van der Waals surface area contributed by atoms with E-state index >= 15 is 0 Å². The summed E-state index contributed by atoms with van der Waals surface area (Å²) in [7, 11) is 0. The van der Waals surface area contributed by atoms with Gasteiger partial charge in [-0.25, -0.2) is 9.97 Å². The van der Waals surface area contributed by atoms with Crippen LogP contribution in [0.25, 0.3) is 0 Å². The van der Waals surface area contributed by atoms with Gasteiger partial charge in [0.25, 0.3) is 0 Å². The van der Waals surface area contributed by atoms with E-state index in [1.165, 1.54) is 12.4 Å². The third-order valence-corrected chi connectivity index (χ3v) is 3.91. The van der Waals surface area contributed by atoms with Crippen molar-refractivity contribution >= 4 is 17.6 Å². The summed E-state index contributed by atoms with van der Waals surface area (Å²) in [6.07, 6.45) is 2.43. The molecule has 0 radical (unpaired) electrons. The standard InChI is InChI=1S/C10H14FN3S/c1-2-8-6-14(3-4-15-8)10-5-9(11)12-7-13-10/h5,7-8H,2-4,6H2,1H3. The molecule has 5 heteroatoms. The first-order chi connectivity index (χ1) is 7.29. The van der Waals surface area contributed by atoms with Crippen LogP contribution in [0.3, 0.4) is 0 Å². The number of thioether (sulfide) groups is 1. The van der Waals surface area contributed by atoms with Gasteiger partial charge in [-0.1, -0.05) is 6.92 Å². The van der Waals surface area contributed by atoms with Gasteiger partial charge in [0.1, 0.15) is 12.1 Å². The molecule has 0 N–H and O–H groups in total. The first-order valence-corrected chi connectivity index (χ1v) is 6.18. The van der Waals surface area contributed by atoms with E-state index in [2.05, 4.69) is 21.8 Å². The van der Waals surface area contributed by atoms with Crippen LogP contribution in [0, 0.1) is 5.95 Å². The molecule has 1 saturated heterocycles. The maximum atomic E-state index is 12.9. The van der Waals surface area contributed by atoms with E-state index in [-0.39, 0.29) is 0 Å². The van der Waals surface area contributed by atoms with Crippen LogP contribution < -0.4 is 4.90 Å². The van der Waals surface area contributed by atoms with Gasteiger partial charge < -0.3 is 4.90 Å². The van der Waals surface area contributed by atoms with Gasteiger partial charge in [0.2, 0.25) is 5.95 Å². The highest BCUT2D eigenvalue weighted by Gasteiger charge is 2.20. The maximum absolute atomic E-state index is 12.9. The minimum Gasteiger partial charge on any atom is -0.354 e. The second kappa shape index (κ2) is 4.79. The molecule has 3 nitrogen and oxygen atoms in total. The van der Waals surface area contributed by atoms with Crippen LogP contribution in [0.2, 0.25) is 0 Å². The average molecular weight is 227 g/mol. The number of rotatable bonds is 2. The Morgan fingerprint density at radius 3 is 3.20 bits per heavy atom. The van der Waals surface area contributed by atoms with Crippen LogP contribution in [-0.2, 0) is 0 Å². The van der Waals surface area contributed by atoms with Crippen molar-refractivity contribution in [3.8, 4) is 0 Å². The number of anilines is 1. The van der Waals surface area contributed by atoms with Crippen molar-refractivity contribution < 1.29 is 4.39 Å². The van der Waals surface area contributed by atoms with Crippen molar-refractivity contribution in [2.75, 3.05) is 23.7 Å².